The van der Waals surface area contributed by atoms with Crippen molar-refractivity contribution >= 4 is 23.4 Å². The lowest BCUT2D eigenvalue weighted by atomic mass is 10.1. The molecule has 0 fully saturated rings. The molecule has 0 bridgehead atoms. The largest absolute Gasteiger partial charge is 0.324 e. The molecule has 130 valence electrons. The van der Waals surface area contributed by atoms with Gasteiger partial charge in [-0.25, -0.2) is 0 Å². The zero-order chi connectivity index (χ0) is 18.5. The van der Waals surface area contributed by atoms with Gasteiger partial charge in [0.2, 0.25) is 11.1 Å². The fraction of sp³-hybridized carbons (Fsp3) is 0.167. The number of nitriles is 1. The second kappa shape index (κ2) is 7.80. The van der Waals surface area contributed by atoms with E-state index in [1.807, 2.05) is 32.0 Å². The molecule has 3 rings (SSSR count). The molecule has 1 N–H and O–H groups in total. The van der Waals surface area contributed by atoms with Crippen LogP contribution in [0.3, 0.4) is 0 Å². The fourth-order valence-electron chi connectivity index (χ4n) is 2.55. The number of tetrazole rings is 1. The number of para-hydroxylation sites is 2. The number of thioether (sulfide) groups is 1. The predicted molar refractivity (Wildman–Crippen MR) is 99.1 cm³/mol. The molecule has 0 aliphatic carbocycles. The molecular formula is C18H16N6OS. The van der Waals surface area contributed by atoms with Crippen LogP contribution in [0.1, 0.15) is 16.7 Å². The summed E-state index contributed by atoms with van der Waals surface area (Å²) in [5.41, 5.74) is 3.93. The molecule has 26 heavy (non-hydrogen) atoms. The van der Waals surface area contributed by atoms with Gasteiger partial charge in [0.1, 0.15) is 6.07 Å². The molecule has 0 radical (unpaired) electrons. The number of anilines is 1. The first-order chi connectivity index (χ1) is 12.6. The number of aromatic nitrogens is 4. The average Bonchev–Trinajstić information content (AvgIpc) is 3.08. The summed E-state index contributed by atoms with van der Waals surface area (Å²) >= 11 is 1.24. The van der Waals surface area contributed by atoms with E-state index in [9.17, 15) is 4.79 Å². The summed E-state index contributed by atoms with van der Waals surface area (Å²) in [6.45, 7) is 3.98. The Labute approximate surface area is 155 Å². The Kier molecular flexibility index (Phi) is 5.29. The molecule has 1 amide bonds. The van der Waals surface area contributed by atoms with Crippen LogP contribution in [-0.2, 0) is 4.79 Å². The van der Waals surface area contributed by atoms with Crippen molar-refractivity contribution in [1.82, 2.24) is 20.2 Å². The number of rotatable bonds is 5. The maximum Gasteiger partial charge on any atom is 0.234 e. The molecule has 0 saturated heterocycles. The van der Waals surface area contributed by atoms with E-state index in [0.29, 0.717) is 16.4 Å². The van der Waals surface area contributed by atoms with Crippen LogP contribution in [0, 0.1) is 25.2 Å². The summed E-state index contributed by atoms with van der Waals surface area (Å²) in [6.07, 6.45) is 0. The van der Waals surface area contributed by atoms with Crippen LogP contribution >= 0.6 is 11.8 Å². The smallest absolute Gasteiger partial charge is 0.234 e. The zero-order valence-electron chi connectivity index (χ0n) is 14.3. The van der Waals surface area contributed by atoms with Gasteiger partial charge in [-0.2, -0.15) is 9.94 Å². The lowest BCUT2D eigenvalue weighted by Gasteiger charge is -2.10. The molecule has 0 atom stereocenters. The first-order valence-electron chi connectivity index (χ1n) is 7.87. The van der Waals surface area contributed by atoms with Crippen molar-refractivity contribution in [2.75, 3.05) is 11.1 Å². The first kappa shape index (κ1) is 17.6. The van der Waals surface area contributed by atoms with Crippen LogP contribution in [0.15, 0.2) is 47.6 Å². The average molecular weight is 364 g/mol. The molecule has 2 aromatic carbocycles. The number of amides is 1. The number of carbonyl (C=O) groups excluding carboxylic acids is 1. The van der Waals surface area contributed by atoms with Gasteiger partial charge in [0, 0.05) is 0 Å². The molecule has 0 saturated carbocycles. The van der Waals surface area contributed by atoms with E-state index in [-0.39, 0.29) is 11.7 Å². The Morgan fingerprint density at radius 1 is 1.19 bits per heavy atom. The minimum Gasteiger partial charge on any atom is -0.324 e. The third kappa shape index (κ3) is 3.73. The lowest BCUT2D eigenvalue weighted by Crippen LogP contribution is -2.15. The van der Waals surface area contributed by atoms with E-state index in [1.54, 1.807) is 28.9 Å². The molecule has 0 aliphatic heterocycles. The van der Waals surface area contributed by atoms with Crippen LogP contribution in [-0.4, -0.2) is 31.9 Å². The summed E-state index contributed by atoms with van der Waals surface area (Å²) in [7, 11) is 0. The highest BCUT2D eigenvalue weighted by atomic mass is 32.2. The van der Waals surface area contributed by atoms with E-state index in [0.717, 1.165) is 16.8 Å². The number of carbonyl (C=O) groups is 1. The number of hydrogen-bond acceptors (Lipinski definition) is 6. The third-order valence-corrected chi connectivity index (χ3v) is 4.67. The monoisotopic (exact) mass is 364 g/mol. The van der Waals surface area contributed by atoms with E-state index in [4.69, 9.17) is 5.26 Å². The molecule has 0 spiro atoms. The van der Waals surface area contributed by atoms with Crippen LogP contribution in [0.2, 0.25) is 0 Å². The molecule has 8 heteroatoms. The van der Waals surface area contributed by atoms with Gasteiger partial charge in [-0.15, -0.1) is 5.10 Å². The lowest BCUT2D eigenvalue weighted by molar-refractivity contribution is -0.113. The number of nitrogens with zero attached hydrogens (tertiary/aromatic N) is 5. The van der Waals surface area contributed by atoms with Crippen LogP contribution in [0.4, 0.5) is 5.69 Å². The highest BCUT2D eigenvalue weighted by molar-refractivity contribution is 7.99. The molecule has 3 aromatic rings. The Morgan fingerprint density at radius 3 is 2.65 bits per heavy atom. The summed E-state index contributed by atoms with van der Waals surface area (Å²) in [5.74, 6) is -0.0980. The minimum atomic E-state index is -0.228. The zero-order valence-corrected chi connectivity index (χ0v) is 15.1. The fourth-order valence-corrected chi connectivity index (χ4v) is 3.23. The number of nitrogens with one attached hydrogen (secondary N) is 1. The maximum absolute atomic E-state index is 12.2. The van der Waals surface area contributed by atoms with Gasteiger partial charge in [-0.1, -0.05) is 42.1 Å². The number of aryl methyl sites for hydroxylation is 2. The van der Waals surface area contributed by atoms with E-state index < -0.39 is 0 Å². The topological polar surface area (TPSA) is 96.5 Å². The summed E-state index contributed by atoms with van der Waals surface area (Å²) < 4.78 is 1.64. The van der Waals surface area contributed by atoms with Crippen molar-refractivity contribution in [2.24, 2.45) is 0 Å². The molecule has 0 aliphatic rings. The normalized spacial score (nSPS) is 10.3. The van der Waals surface area contributed by atoms with Crippen LogP contribution in [0.5, 0.6) is 0 Å². The SMILES string of the molecule is Cc1cccc(C)c1-n1nnnc1SCC(=O)Nc1ccccc1C#N. The van der Waals surface area contributed by atoms with Gasteiger partial charge < -0.3 is 5.32 Å². The van der Waals surface area contributed by atoms with Crippen molar-refractivity contribution in [3.63, 3.8) is 0 Å². The number of benzene rings is 2. The standard InChI is InChI=1S/C18H16N6OS/c1-12-6-5-7-13(2)17(12)24-18(21-22-23-24)26-11-16(25)20-15-9-4-3-8-14(15)10-19/h3-9H,11H2,1-2H3,(H,20,25). The second-order valence-electron chi connectivity index (χ2n) is 5.61. The van der Waals surface area contributed by atoms with Crippen LogP contribution in [0.25, 0.3) is 5.69 Å². The number of hydrogen-bond donors (Lipinski definition) is 1. The third-order valence-electron chi connectivity index (χ3n) is 3.75. The minimum absolute atomic E-state index is 0.130. The summed E-state index contributed by atoms with van der Waals surface area (Å²) in [6, 6.07) is 14.9. The van der Waals surface area contributed by atoms with Gasteiger partial charge in [-0.05, 0) is 47.5 Å². The van der Waals surface area contributed by atoms with E-state index in [1.165, 1.54) is 11.8 Å². The summed E-state index contributed by atoms with van der Waals surface area (Å²) in [4.78, 5) is 12.2. The van der Waals surface area contributed by atoms with Crippen molar-refractivity contribution in [1.29, 1.82) is 5.26 Å². The molecular weight excluding hydrogens is 348 g/mol. The quantitative estimate of drug-likeness (QED) is 0.699. The highest BCUT2D eigenvalue weighted by Crippen LogP contribution is 2.23. The first-order valence-corrected chi connectivity index (χ1v) is 8.85. The van der Waals surface area contributed by atoms with Gasteiger partial charge in [0.05, 0.1) is 22.7 Å². The maximum atomic E-state index is 12.2. The Balaban J connectivity index is 1.73. The molecule has 0 unspecified atom stereocenters. The van der Waals surface area contributed by atoms with Gasteiger partial charge in [0.25, 0.3) is 0 Å². The van der Waals surface area contributed by atoms with Gasteiger partial charge >= 0.3 is 0 Å². The summed E-state index contributed by atoms with van der Waals surface area (Å²) in [5, 5.41) is 24.2. The van der Waals surface area contributed by atoms with Crippen molar-refractivity contribution < 1.29 is 4.79 Å². The van der Waals surface area contributed by atoms with Gasteiger partial charge in [-0.3, -0.25) is 4.79 Å². The highest BCUT2D eigenvalue weighted by Gasteiger charge is 2.15. The Hall–Kier alpha value is -3.18. The molecule has 7 nitrogen and oxygen atoms in total. The molecule has 1 heterocycles. The van der Waals surface area contributed by atoms with E-state index in [2.05, 4.69) is 26.9 Å². The Bertz CT molecular complexity index is 971. The Morgan fingerprint density at radius 2 is 1.92 bits per heavy atom. The van der Waals surface area contributed by atoms with Gasteiger partial charge in [0.15, 0.2) is 0 Å². The molecule has 1 aromatic heterocycles. The van der Waals surface area contributed by atoms with E-state index >= 15 is 0 Å². The van der Waals surface area contributed by atoms with Crippen LogP contribution < -0.4 is 5.32 Å². The van der Waals surface area contributed by atoms with Crippen molar-refractivity contribution in [3.8, 4) is 11.8 Å². The second-order valence-corrected chi connectivity index (χ2v) is 6.55. The van der Waals surface area contributed by atoms with Crippen molar-refractivity contribution in [3.05, 3.63) is 59.2 Å². The predicted octanol–water partition coefficient (Wildman–Crippen LogP) is 2.88. The van der Waals surface area contributed by atoms with Crippen molar-refractivity contribution in [2.45, 2.75) is 19.0 Å².